The summed E-state index contributed by atoms with van der Waals surface area (Å²) >= 11 is 0. The summed E-state index contributed by atoms with van der Waals surface area (Å²) in [7, 11) is 0. The standard InChI is InChI=1S/C14H26O10/c1-2-5-8(17)11(20)13(7(4-16)22-5)24-14-12(21)10(19)9(18)6(3-15)23-14/h5-21H,2-4H2,1H3/t5?,6?,7?,8-,9+,10?,11?,12+,13?,14?/m0/s1. The topological polar surface area (TPSA) is 169 Å². The van der Waals surface area contributed by atoms with E-state index < -0.39 is 74.4 Å². The van der Waals surface area contributed by atoms with Crippen molar-refractivity contribution in [2.45, 2.75) is 74.6 Å². The second-order valence-electron chi connectivity index (χ2n) is 6.08. The molecule has 2 aliphatic heterocycles. The third kappa shape index (κ3) is 3.73. The molecule has 10 heteroatoms. The van der Waals surface area contributed by atoms with Crippen molar-refractivity contribution in [3.05, 3.63) is 0 Å². The predicted molar refractivity (Wildman–Crippen MR) is 76.7 cm³/mol. The number of hydrogen-bond donors (Lipinski definition) is 7. The van der Waals surface area contributed by atoms with Gasteiger partial charge in [-0.3, -0.25) is 0 Å². The van der Waals surface area contributed by atoms with Crippen LogP contribution >= 0.6 is 0 Å². The van der Waals surface area contributed by atoms with Gasteiger partial charge in [-0.15, -0.1) is 0 Å². The van der Waals surface area contributed by atoms with Gasteiger partial charge >= 0.3 is 0 Å². The van der Waals surface area contributed by atoms with Gasteiger partial charge in [0, 0.05) is 0 Å². The highest BCUT2D eigenvalue weighted by Crippen LogP contribution is 2.29. The van der Waals surface area contributed by atoms with Crippen LogP contribution in [0.1, 0.15) is 13.3 Å². The molecule has 7 unspecified atom stereocenters. The van der Waals surface area contributed by atoms with Crippen molar-refractivity contribution in [3.8, 4) is 0 Å². The summed E-state index contributed by atoms with van der Waals surface area (Å²) in [6, 6.07) is 0. The average Bonchev–Trinajstić information content (AvgIpc) is 2.59. The first-order chi connectivity index (χ1) is 11.3. The Bertz CT molecular complexity index is 392. The molecule has 2 heterocycles. The number of ether oxygens (including phenoxy) is 3. The normalized spacial score (nSPS) is 50.0. The van der Waals surface area contributed by atoms with Crippen LogP contribution in [0.5, 0.6) is 0 Å². The molecule has 0 aliphatic carbocycles. The molecule has 0 amide bonds. The van der Waals surface area contributed by atoms with Crippen LogP contribution < -0.4 is 0 Å². The number of aliphatic hydroxyl groups is 7. The van der Waals surface area contributed by atoms with Gasteiger partial charge in [0.05, 0.1) is 19.3 Å². The van der Waals surface area contributed by atoms with E-state index in [9.17, 15) is 30.6 Å². The van der Waals surface area contributed by atoms with Gasteiger partial charge < -0.3 is 50.0 Å². The molecule has 0 radical (unpaired) electrons. The maximum absolute atomic E-state index is 10.2. The van der Waals surface area contributed by atoms with Crippen LogP contribution in [-0.4, -0.2) is 110 Å². The average molecular weight is 354 g/mol. The molecule has 24 heavy (non-hydrogen) atoms. The molecule has 10 atom stereocenters. The lowest BCUT2D eigenvalue weighted by Gasteiger charge is -2.46. The third-order valence-electron chi connectivity index (χ3n) is 4.51. The summed E-state index contributed by atoms with van der Waals surface area (Å²) in [6.07, 6.45) is -12.7. The van der Waals surface area contributed by atoms with Crippen LogP contribution in [0.2, 0.25) is 0 Å². The molecule has 0 aromatic heterocycles. The van der Waals surface area contributed by atoms with Crippen LogP contribution in [0.25, 0.3) is 0 Å². The fourth-order valence-corrected chi connectivity index (χ4v) is 3.00. The molecule has 10 nitrogen and oxygen atoms in total. The summed E-state index contributed by atoms with van der Waals surface area (Å²) < 4.78 is 16.1. The molecule has 0 bridgehead atoms. The molecule has 2 aliphatic rings. The highest BCUT2D eigenvalue weighted by molar-refractivity contribution is 4.95. The minimum Gasteiger partial charge on any atom is -0.394 e. The summed E-state index contributed by atoms with van der Waals surface area (Å²) in [5.74, 6) is 0. The highest BCUT2D eigenvalue weighted by atomic mass is 16.7. The molecule has 2 fully saturated rings. The molecule has 0 spiro atoms. The number of aliphatic hydroxyl groups excluding tert-OH is 7. The van der Waals surface area contributed by atoms with Crippen molar-refractivity contribution in [2.75, 3.05) is 13.2 Å². The second kappa shape index (κ2) is 8.32. The van der Waals surface area contributed by atoms with Crippen LogP contribution in [0.15, 0.2) is 0 Å². The lowest BCUT2D eigenvalue weighted by molar-refractivity contribution is -0.342. The zero-order valence-electron chi connectivity index (χ0n) is 13.3. The minimum absolute atomic E-state index is 0.404. The van der Waals surface area contributed by atoms with Gasteiger partial charge in [-0.1, -0.05) is 6.92 Å². The quantitative estimate of drug-likeness (QED) is 0.259. The van der Waals surface area contributed by atoms with E-state index in [0.29, 0.717) is 6.42 Å². The van der Waals surface area contributed by atoms with Gasteiger partial charge in [-0.25, -0.2) is 0 Å². The zero-order chi connectivity index (χ0) is 18.0. The van der Waals surface area contributed by atoms with E-state index in [-0.39, 0.29) is 0 Å². The summed E-state index contributed by atoms with van der Waals surface area (Å²) in [6.45, 7) is 0.606. The fraction of sp³-hybridized carbons (Fsp3) is 1.00. The smallest absolute Gasteiger partial charge is 0.187 e. The first-order valence-electron chi connectivity index (χ1n) is 7.94. The van der Waals surface area contributed by atoms with E-state index in [1.807, 2.05) is 0 Å². The number of hydrogen-bond acceptors (Lipinski definition) is 10. The molecule has 7 N–H and O–H groups in total. The van der Waals surface area contributed by atoms with E-state index >= 15 is 0 Å². The Hall–Kier alpha value is -0.400. The van der Waals surface area contributed by atoms with E-state index in [1.165, 1.54) is 0 Å². The molecule has 0 aromatic carbocycles. The molecule has 2 rings (SSSR count). The van der Waals surface area contributed by atoms with Gasteiger partial charge in [0.15, 0.2) is 6.29 Å². The Balaban J connectivity index is 2.12. The summed E-state index contributed by atoms with van der Waals surface area (Å²) in [4.78, 5) is 0. The maximum Gasteiger partial charge on any atom is 0.187 e. The van der Waals surface area contributed by atoms with Gasteiger partial charge in [-0.05, 0) is 6.42 Å². The maximum atomic E-state index is 10.2. The van der Waals surface area contributed by atoms with Crippen molar-refractivity contribution in [1.29, 1.82) is 0 Å². The zero-order valence-corrected chi connectivity index (χ0v) is 13.3. The number of rotatable bonds is 5. The summed E-state index contributed by atoms with van der Waals surface area (Å²) in [5, 5.41) is 68.3. The summed E-state index contributed by atoms with van der Waals surface area (Å²) in [5.41, 5.74) is 0. The fourth-order valence-electron chi connectivity index (χ4n) is 3.00. The molecular weight excluding hydrogens is 328 g/mol. The van der Waals surface area contributed by atoms with E-state index in [2.05, 4.69) is 0 Å². The Kier molecular flexibility index (Phi) is 6.90. The molecule has 0 saturated carbocycles. The van der Waals surface area contributed by atoms with Gasteiger partial charge in [0.2, 0.25) is 0 Å². The van der Waals surface area contributed by atoms with Crippen molar-refractivity contribution < 1.29 is 50.0 Å². The first kappa shape index (κ1) is 19.9. The first-order valence-corrected chi connectivity index (χ1v) is 7.94. The van der Waals surface area contributed by atoms with Gasteiger partial charge in [-0.2, -0.15) is 0 Å². The van der Waals surface area contributed by atoms with Gasteiger partial charge in [0.25, 0.3) is 0 Å². The Morgan fingerprint density at radius 3 is 1.83 bits per heavy atom. The Morgan fingerprint density at radius 1 is 0.708 bits per heavy atom. The van der Waals surface area contributed by atoms with E-state index in [4.69, 9.17) is 19.3 Å². The second-order valence-corrected chi connectivity index (χ2v) is 6.08. The third-order valence-corrected chi connectivity index (χ3v) is 4.51. The van der Waals surface area contributed by atoms with Crippen LogP contribution in [0.3, 0.4) is 0 Å². The van der Waals surface area contributed by atoms with Crippen molar-refractivity contribution in [2.24, 2.45) is 0 Å². The molecule has 142 valence electrons. The highest BCUT2D eigenvalue weighted by Gasteiger charge is 2.49. The van der Waals surface area contributed by atoms with Crippen molar-refractivity contribution >= 4 is 0 Å². The lowest BCUT2D eigenvalue weighted by atomic mass is 9.93. The van der Waals surface area contributed by atoms with Gasteiger partial charge in [0.1, 0.15) is 48.8 Å². The Morgan fingerprint density at radius 2 is 1.29 bits per heavy atom. The van der Waals surface area contributed by atoms with E-state index in [0.717, 1.165) is 0 Å². The van der Waals surface area contributed by atoms with Crippen molar-refractivity contribution in [3.63, 3.8) is 0 Å². The van der Waals surface area contributed by atoms with Crippen molar-refractivity contribution in [1.82, 2.24) is 0 Å². The van der Waals surface area contributed by atoms with E-state index in [1.54, 1.807) is 6.92 Å². The predicted octanol–water partition coefficient (Wildman–Crippen LogP) is -3.94. The lowest BCUT2D eigenvalue weighted by Crippen LogP contribution is -2.64. The monoisotopic (exact) mass is 354 g/mol. The SMILES string of the molecule is CCC1OC(CO)C(OC2OC(CO)[C@@H](O)C(O)[C@H]2O)C(O)[C@H]1O. The molecule has 0 aromatic rings. The largest absolute Gasteiger partial charge is 0.394 e. The molecule has 2 saturated heterocycles. The Labute approximate surface area is 138 Å². The minimum atomic E-state index is -1.66. The van der Waals surface area contributed by atoms with Crippen LogP contribution in [0, 0.1) is 0 Å². The van der Waals surface area contributed by atoms with Crippen LogP contribution in [-0.2, 0) is 14.2 Å². The van der Waals surface area contributed by atoms with Crippen LogP contribution in [0.4, 0.5) is 0 Å². The molecular formula is C14H26O10.